The molecule has 1 atom stereocenters. The topological polar surface area (TPSA) is 55.4 Å². The second-order valence-electron chi connectivity index (χ2n) is 2.89. The SMILES string of the molecule is CCOC(=O)NC(C=O)c1ccccc1. The summed E-state index contributed by atoms with van der Waals surface area (Å²) >= 11 is 0. The number of ether oxygens (including phenoxy) is 1. The Bertz CT molecular complexity index is 324. The van der Waals surface area contributed by atoms with Gasteiger partial charge in [-0.3, -0.25) is 0 Å². The van der Waals surface area contributed by atoms with Crippen molar-refractivity contribution in [3.8, 4) is 0 Å². The maximum absolute atomic E-state index is 11.1. The quantitative estimate of drug-likeness (QED) is 0.764. The van der Waals surface area contributed by atoms with Gasteiger partial charge in [0.25, 0.3) is 0 Å². The van der Waals surface area contributed by atoms with Crippen LogP contribution in [0.3, 0.4) is 0 Å². The van der Waals surface area contributed by atoms with E-state index in [-0.39, 0.29) is 6.61 Å². The standard InChI is InChI=1S/C11H13NO3/c1-2-15-11(14)12-10(8-13)9-6-4-3-5-7-9/h3-8,10H,2H2,1H3,(H,12,14). The third-order valence-electron chi connectivity index (χ3n) is 1.84. The third-order valence-corrected chi connectivity index (χ3v) is 1.84. The summed E-state index contributed by atoms with van der Waals surface area (Å²) in [5, 5.41) is 2.45. The van der Waals surface area contributed by atoms with Crippen LogP contribution in [0.5, 0.6) is 0 Å². The zero-order valence-corrected chi connectivity index (χ0v) is 8.47. The van der Waals surface area contributed by atoms with E-state index in [1.54, 1.807) is 31.2 Å². The van der Waals surface area contributed by atoms with Crippen molar-refractivity contribution >= 4 is 12.4 Å². The van der Waals surface area contributed by atoms with Crippen LogP contribution >= 0.6 is 0 Å². The van der Waals surface area contributed by atoms with E-state index >= 15 is 0 Å². The van der Waals surface area contributed by atoms with Crippen molar-refractivity contribution in [2.75, 3.05) is 6.61 Å². The largest absolute Gasteiger partial charge is 0.450 e. The number of nitrogens with one attached hydrogen (secondary N) is 1. The number of carbonyl (C=O) groups is 2. The molecule has 0 aliphatic carbocycles. The van der Waals surface area contributed by atoms with Gasteiger partial charge in [-0.1, -0.05) is 30.3 Å². The highest BCUT2D eigenvalue weighted by molar-refractivity contribution is 5.74. The first-order valence-electron chi connectivity index (χ1n) is 4.71. The zero-order chi connectivity index (χ0) is 11.1. The van der Waals surface area contributed by atoms with E-state index in [4.69, 9.17) is 0 Å². The molecule has 15 heavy (non-hydrogen) atoms. The fourth-order valence-corrected chi connectivity index (χ4v) is 1.16. The highest BCUT2D eigenvalue weighted by Gasteiger charge is 2.13. The van der Waals surface area contributed by atoms with Crippen molar-refractivity contribution in [1.82, 2.24) is 5.32 Å². The van der Waals surface area contributed by atoms with Crippen molar-refractivity contribution in [3.63, 3.8) is 0 Å². The lowest BCUT2D eigenvalue weighted by molar-refractivity contribution is -0.109. The molecule has 0 spiro atoms. The molecule has 0 aromatic heterocycles. The van der Waals surface area contributed by atoms with Gasteiger partial charge in [0.1, 0.15) is 12.3 Å². The van der Waals surface area contributed by atoms with Crippen LogP contribution in [0.1, 0.15) is 18.5 Å². The van der Waals surface area contributed by atoms with Crippen LogP contribution < -0.4 is 5.32 Å². The molecule has 0 radical (unpaired) electrons. The monoisotopic (exact) mass is 207 g/mol. The van der Waals surface area contributed by atoms with Gasteiger partial charge in [0.05, 0.1) is 6.61 Å². The average Bonchev–Trinajstić information content (AvgIpc) is 2.27. The molecule has 1 aromatic carbocycles. The second-order valence-corrected chi connectivity index (χ2v) is 2.89. The third kappa shape index (κ3) is 3.42. The lowest BCUT2D eigenvalue weighted by atomic mass is 10.1. The lowest BCUT2D eigenvalue weighted by Crippen LogP contribution is -2.29. The van der Waals surface area contributed by atoms with Gasteiger partial charge < -0.3 is 14.8 Å². The molecule has 1 amide bonds. The lowest BCUT2D eigenvalue weighted by Gasteiger charge is -2.12. The number of aldehydes is 1. The normalized spacial score (nSPS) is 11.5. The van der Waals surface area contributed by atoms with E-state index in [1.807, 2.05) is 6.07 Å². The minimum absolute atomic E-state index is 0.284. The molecule has 1 unspecified atom stereocenters. The predicted octanol–water partition coefficient (Wildman–Crippen LogP) is 1.67. The smallest absolute Gasteiger partial charge is 0.407 e. The summed E-state index contributed by atoms with van der Waals surface area (Å²) in [6.07, 6.45) is 0.0881. The van der Waals surface area contributed by atoms with Crippen molar-refractivity contribution < 1.29 is 14.3 Å². The summed E-state index contributed by atoms with van der Waals surface area (Å²) in [4.78, 5) is 21.9. The Morgan fingerprint density at radius 3 is 2.67 bits per heavy atom. The van der Waals surface area contributed by atoms with E-state index < -0.39 is 12.1 Å². The molecular formula is C11H13NO3. The Balaban J connectivity index is 2.65. The number of hydrogen-bond donors (Lipinski definition) is 1. The van der Waals surface area contributed by atoms with Gasteiger partial charge in [-0.15, -0.1) is 0 Å². The number of benzene rings is 1. The van der Waals surface area contributed by atoms with Crippen molar-refractivity contribution in [3.05, 3.63) is 35.9 Å². The number of alkyl carbamates (subject to hydrolysis) is 1. The predicted molar refractivity (Wildman–Crippen MR) is 55.4 cm³/mol. The molecular weight excluding hydrogens is 194 g/mol. The van der Waals surface area contributed by atoms with E-state index in [2.05, 4.69) is 10.1 Å². The zero-order valence-electron chi connectivity index (χ0n) is 8.47. The summed E-state index contributed by atoms with van der Waals surface area (Å²) < 4.78 is 4.69. The Labute approximate surface area is 88.2 Å². The van der Waals surface area contributed by atoms with E-state index in [1.165, 1.54) is 0 Å². The molecule has 1 aromatic rings. The molecule has 4 heteroatoms. The number of carbonyl (C=O) groups excluding carboxylic acids is 2. The van der Waals surface area contributed by atoms with Crippen molar-refractivity contribution in [2.24, 2.45) is 0 Å². The molecule has 0 bridgehead atoms. The molecule has 0 aliphatic rings. The van der Waals surface area contributed by atoms with Crippen LogP contribution in [0.25, 0.3) is 0 Å². The molecule has 0 saturated carbocycles. The number of hydrogen-bond acceptors (Lipinski definition) is 3. The highest BCUT2D eigenvalue weighted by Crippen LogP contribution is 2.09. The first-order chi connectivity index (χ1) is 7.27. The van der Waals surface area contributed by atoms with Gasteiger partial charge in [0.2, 0.25) is 0 Å². The second kappa shape index (κ2) is 5.80. The summed E-state index contributed by atoms with van der Waals surface area (Å²) in [6.45, 7) is 1.99. The van der Waals surface area contributed by atoms with Crippen LogP contribution in [0.4, 0.5) is 4.79 Å². The Hall–Kier alpha value is -1.84. The van der Waals surface area contributed by atoms with Gasteiger partial charge in [-0.05, 0) is 12.5 Å². The van der Waals surface area contributed by atoms with Gasteiger partial charge in [-0.25, -0.2) is 4.79 Å². The molecule has 0 aliphatic heterocycles. The Morgan fingerprint density at radius 2 is 2.13 bits per heavy atom. The Morgan fingerprint density at radius 1 is 1.47 bits per heavy atom. The first kappa shape index (κ1) is 11.2. The molecule has 0 fully saturated rings. The number of amides is 1. The Kier molecular flexibility index (Phi) is 4.34. The van der Waals surface area contributed by atoms with Gasteiger partial charge in [0, 0.05) is 0 Å². The van der Waals surface area contributed by atoms with Crippen molar-refractivity contribution in [1.29, 1.82) is 0 Å². The molecule has 80 valence electrons. The summed E-state index contributed by atoms with van der Waals surface area (Å²) in [7, 11) is 0. The van der Waals surface area contributed by atoms with Gasteiger partial charge >= 0.3 is 6.09 Å². The average molecular weight is 207 g/mol. The molecule has 1 N–H and O–H groups in total. The van der Waals surface area contributed by atoms with Crippen LogP contribution in [0, 0.1) is 0 Å². The minimum Gasteiger partial charge on any atom is -0.450 e. The maximum atomic E-state index is 11.1. The van der Waals surface area contributed by atoms with E-state index in [9.17, 15) is 9.59 Å². The van der Waals surface area contributed by atoms with E-state index in [0.717, 1.165) is 5.56 Å². The highest BCUT2D eigenvalue weighted by atomic mass is 16.5. The van der Waals surface area contributed by atoms with Crippen LogP contribution in [-0.2, 0) is 9.53 Å². The van der Waals surface area contributed by atoms with Gasteiger partial charge in [-0.2, -0.15) is 0 Å². The summed E-state index contributed by atoms with van der Waals surface area (Å²) in [5.74, 6) is 0. The summed E-state index contributed by atoms with van der Waals surface area (Å²) in [5.41, 5.74) is 0.737. The molecule has 1 rings (SSSR count). The molecule has 0 heterocycles. The number of rotatable bonds is 4. The first-order valence-corrected chi connectivity index (χ1v) is 4.71. The van der Waals surface area contributed by atoms with Crippen LogP contribution in [0.2, 0.25) is 0 Å². The van der Waals surface area contributed by atoms with Crippen molar-refractivity contribution in [2.45, 2.75) is 13.0 Å². The fraction of sp³-hybridized carbons (Fsp3) is 0.273. The van der Waals surface area contributed by atoms with E-state index in [0.29, 0.717) is 6.29 Å². The fourth-order valence-electron chi connectivity index (χ4n) is 1.16. The molecule has 4 nitrogen and oxygen atoms in total. The van der Waals surface area contributed by atoms with Gasteiger partial charge in [0.15, 0.2) is 0 Å². The maximum Gasteiger partial charge on any atom is 0.407 e. The van der Waals surface area contributed by atoms with Crippen LogP contribution in [0.15, 0.2) is 30.3 Å². The minimum atomic E-state index is -0.648. The summed E-state index contributed by atoms with van der Waals surface area (Å²) in [6, 6.07) is 8.34. The van der Waals surface area contributed by atoms with Crippen LogP contribution in [-0.4, -0.2) is 19.0 Å². The molecule has 0 saturated heterocycles.